The number of aryl methyl sites for hydroxylation is 1. The number of aromatic hydroxyl groups is 1. The molecule has 0 saturated carbocycles. The first kappa shape index (κ1) is 18.0. The van der Waals surface area contributed by atoms with Crippen LogP contribution in [0.25, 0.3) is 10.2 Å². The molecule has 0 spiro atoms. The van der Waals surface area contributed by atoms with Gasteiger partial charge in [-0.1, -0.05) is 24.6 Å². The maximum atomic E-state index is 14.1. The molecule has 2 aromatic heterocycles. The van der Waals surface area contributed by atoms with Gasteiger partial charge in [0.25, 0.3) is 11.5 Å². The first-order valence-electron chi connectivity index (χ1n) is 8.51. The number of hydrogen-bond acceptors (Lipinski definition) is 4. The number of carbonyl (C=O) groups is 1. The molecule has 0 fully saturated rings. The lowest BCUT2D eigenvalue weighted by molar-refractivity contribution is 0.102. The summed E-state index contributed by atoms with van der Waals surface area (Å²) < 4.78 is 14.1. The number of carbonyl (C=O) groups excluding carboxylic acids is 1. The number of pyridine rings is 1. The van der Waals surface area contributed by atoms with Crippen molar-refractivity contribution in [3.8, 4) is 5.75 Å². The summed E-state index contributed by atoms with van der Waals surface area (Å²) in [6, 6.07) is 4.16. The molecule has 0 radical (unpaired) electrons. The van der Waals surface area contributed by atoms with Crippen LogP contribution in [0, 0.1) is 11.7 Å². The molecule has 3 N–H and O–H groups in total. The molecule has 1 atom stereocenters. The van der Waals surface area contributed by atoms with Crippen LogP contribution < -0.4 is 10.9 Å². The lowest BCUT2D eigenvalue weighted by Gasteiger charge is -2.18. The van der Waals surface area contributed by atoms with Crippen LogP contribution >= 0.6 is 22.9 Å². The number of amides is 1. The number of hydrogen-bond donors (Lipinski definition) is 3. The highest BCUT2D eigenvalue weighted by Gasteiger charge is 2.27. The lowest BCUT2D eigenvalue weighted by atomic mass is 9.89. The zero-order chi connectivity index (χ0) is 19.3. The third kappa shape index (κ3) is 3.00. The number of thiophene rings is 1. The Morgan fingerprint density at radius 3 is 3.00 bits per heavy atom. The van der Waals surface area contributed by atoms with Crippen molar-refractivity contribution in [3.63, 3.8) is 0 Å². The molecule has 1 aromatic carbocycles. The average Bonchev–Trinajstić information content (AvgIpc) is 2.96. The molecule has 1 amide bonds. The first-order valence-corrected chi connectivity index (χ1v) is 9.71. The molecule has 140 valence electrons. The van der Waals surface area contributed by atoms with Gasteiger partial charge in [0.1, 0.15) is 16.1 Å². The normalized spacial score (nSPS) is 16.3. The van der Waals surface area contributed by atoms with E-state index in [1.54, 1.807) is 0 Å². The Balaban J connectivity index is 1.81. The van der Waals surface area contributed by atoms with Crippen LogP contribution in [-0.4, -0.2) is 16.0 Å². The van der Waals surface area contributed by atoms with Crippen molar-refractivity contribution >= 4 is 44.7 Å². The number of aromatic amines is 1. The fourth-order valence-corrected chi connectivity index (χ4v) is 5.07. The van der Waals surface area contributed by atoms with Gasteiger partial charge in [0.2, 0.25) is 0 Å². The van der Waals surface area contributed by atoms with E-state index in [1.807, 2.05) is 0 Å². The molecule has 0 aliphatic heterocycles. The third-order valence-electron chi connectivity index (χ3n) is 4.87. The van der Waals surface area contributed by atoms with Crippen molar-refractivity contribution in [1.82, 2.24) is 4.98 Å². The quantitative estimate of drug-likeness (QED) is 0.587. The maximum absolute atomic E-state index is 14.1. The molecule has 4 rings (SSSR count). The Kier molecular flexibility index (Phi) is 4.44. The number of benzene rings is 1. The fourth-order valence-electron chi connectivity index (χ4n) is 3.48. The minimum atomic E-state index is -0.888. The highest BCUT2D eigenvalue weighted by molar-refractivity contribution is 7.18. The summed E-state index contributed by atoms with van der Waals surface area (Å²) in [4.78, 5) is 29.4. The van der Waals surface area contributed by atoms with Gasteiger partial charge in [-0.25, -0.2) is 4.39 Å². The zero-order valence-corrected chi connectivity index (χ0v) is 15.9. The van der Waals surface area contributed by atoms with Crippen molar-refractivity contribution in [1.29, 1.82) is 0 Å². The summed E-state index contributed by atoms with van der Waals surface area (Å²) in [5.41, 5.74) is -0.329. The molecule has 5 nitrogen and oxygen atoms in total. The Morgan fingerprint density at radius 2 is 2.22 bits per heavy atom. The standard InChI is InChI=1S/C19H16ClFN2O3S/c1-8-5-6-9-12(7-8)27-19-13(9)16(24)14(18(26)23-19)17(25)22-11-4-2-3-10(20)15(11)21/h2-4,8H,5-7H2,1H3,(H,22,25)(H2,23,24,26)/t8-/m1/s1. The van der Waals surface area contributed by atoms with Gasteiger partial charge in [-0.2, -0.15) is 0 Å². The summed E-state index contributed by atoms with van der Waals surface area (Å²) in [6.07, 6.45) is 2.64. The minimum Gasteiger partial charge on any atom is -0.506 e. The molecule has 0 bridgehead atoms. The number of anilines is 1. The second-order valence-electron chi connectivity index (χ2n) is 6.79. The monoisotopic (exact) mass is 406 g/mol. The van der Waals surface area contributed by atoms with Crippen LogP contribution in [0.5, 0.6) is 5.75 Å². The highest BCUT2D eigenvalue weighted by Crippen LogP contribution is 2.41. The van der Waals surface area contributed by atoms with E-state index in [4.69, 9.17) is 11.6 Å². The Hall–Kier alpha value is -2.38. The minimum absolute atomic E-state index is 0.151. The number of rotatable bonds is 2. The maximum Gasteiger partial charge on any atom is 0.265 e. The van der Waals surface area contributed by atoms with Crippen LogP contribution in [0.3, 0.4) is 0 Å². The number of H-pyrrole nitrogens is 1. The van der Waals surface area contributed by atoms with Gasteiger partial charge >= 0.3 is 0 Å². The summed E-state index contributed by atoms with van der Waals surface area (Å²) in [7, 11) is 0. The highest BCUT2D eigenvalue weighted by atomic mass is 35.5. The van der Waals surface area contributed by atoms with E-state index in [2.05, 4.69) is 17.2 Å². The number of nitrogens with one attached hydrogen (secondary N) is 2. The van der Waals surface area contributed by atoms with E-state index in [1.165, 1.54) is 29.5 Å². The second kappa shape index (κ2) is 6.65. The molecule has 0 unspecified atom stereocenters. The van der Waals surface area contributed by atoms with Crippen LogP contribution in [-0.2, 0) is 12.8 Å². The van der Waals surface area contributed by atoms with Crippen molar-refractivity contribution in [2.75, 3.05) is 5.32 Å². The smallest absolute Gasteiger partial charge is 0.265 e. The van der Waals surface area contributed by atoms with Gasteiger partial charge in [0.15, 0.2) is 5.82 Å². The predicted octanol–water partition coefficient (Wildman–Crippen LogP) is 4.46. The molecular formula is C19H16ClFN2O3S. The Morgan fingerprint density at radius 1 is 1.44 bits per heavy atom. The molecule has 1 aliphatic rings. The average molecular weight is 407 g/mol. The van der Waals surface area contributed by atoms with E-state index in [0.717, 1.165) is 29.7 Å². The largest absolute Gasteiger partial charge is 0.506 e. The van der Waals surface area contributed by atoms with Crippen LogP contribution in [0.2, 0.25) is 5.02 Å². The number of halogens is 2. The summed E-state index contributed by atoms with van der Waals surface area (Å²) >= 11 is 7.15. The predicted molar refractivity (Wildman–Crippen MR) is 105 cm³/mol. The molecular weight excluding hydrogens is 391 g/mol. The SMILES string of the molecule is C[C@@H]1CCc2c(sc3[nH]c(=O)c(C(=O)Nc4cccc(Cl)c4F)c(O)c23)C1. The molecule has 27 heavy (non-hydrogen) atoms. The molecule has 2 heterocycles. The summed E-state index contributed by atoms with van der Waals surface area (Å²) in [5, 5.41) is 13.4. The molecule has 1 aliphatic carbocycles. The van der Waals surface area contributed by atoms with Crippen LogP contribution in [0.15, 0.2) is 23.0 Å². The summed E-state index contributed by atoms with van der Waals surface area (Å²) in [5.74, 6) is -1.51. The lowest BCUT2D eigenvalue weighted by Crippen LogP contribution is -2.23. The second-order valence-corrected chi connectivity index (χ2v) is 8.30. The van der Waals surface area contributed by atoms with Crippen molar-refractivity contribution in [2.45, 2.75) is 26.2 Å². The summed E-state index contributed by atoms with van der Waals surface area (Å²) in [6.45, 7) is 2.16. The molecule has 0 saturated heterocycles. The van der Waals surface area contributed by atoms with Gasteiger partial charge in [-0.15, -0.1) is 11.3 Å². The number of aromatic nitrogens is 1. The Bertz CT molecular complexity index is 1140. The van der Waals surface area contributed by atoms with Crippen LogP contribution in [0.4, 0.5) is 10.1 Å². The first-order chi connectivity index (χ1) is 12.9. The van der Waals surface area contributed by atoms with Gasteiger partial charge in [-0.05, 0) is 42.9 Å². The van der Waals surface area contributed by atoms with Gasteiger partial charge in [-0.3, -0.25) is 9.59 Å². The van der Waals surface area contributed by atoms with Crippen molar-refractivity contribution in [2.24, 2.45) is 5.92 Å². The van der Waals surface area contributed by atoms with Crippen molar-refractivity contribution < 1.29 is 14.3 Å². The third-order valence-corrected chi connectivity index (χ3v) is 6.33. The van der Waals surface area contributed by atoms with Gasteiger partial charge in [0.05, 0.1) is 16.1 Å². The van der Waals surface area contributed by atoms with Crippen molar-refractivity contribution in [3.05, 3.63) is 55.4 Å². The van der Waals surface area contributed by atoms with E-state index in [0.29, 0.717) is 16.1 Å². The van der Waals surface area contributed by atoms with E-state index in [9.17, 15) is 19.1 Å². The van der Waals surface area contributed by atoms with E-state index >= 15 is 0 Å². The van der Waals surface area contributed by atoms with Gasteiger partial charge in [0, 0.05) is 4.88 Å². The molecule has 8 heteroatoms. The topological polar surface area (TPSA) is 82.2 Å². The Labute approximate surface area is 162 Å². The fraction of sp³-hybridized carbons (Fsp3) is 0.263. The van der Waals surface area contributed by atoms with E-state index in [-0.39, 0.29) is 16.5 Å². The van der Waals surface area contributed by atoms with Gasteiger partial charge < -0.3 is 15.4 Å². The molecule has 3 aromatic rings. The van der Waals surface area contributed by atoms with E-state index < -0.39 is 22.8 Å². The number of fused-ring (bicyclic) bond motifs is 3. The zero-order valence-electron chi connectivity index (χ0n) is 14.4. The van der Waals surface area contributed by atoms with Crippen LogP contribution in [0.1, 0.15) is 34.1 Å².